The Morgan fingerprint density at radius 2 is 2.13 bits per heavy atom. The van der Waals surface area contributed by atoms with Gasteiger partial charge in [0.2, 0.25) is 10.0 Å². The summed E-state index contributed by atoms with van der Waals surface area (Å²) in [5.74, 6) is -0.00962. The summed E-state index contributed by atoms with van der Waals surface area (Å²) in [6.07, 6.45) is 1.25. The van der Waals surface area contributed by atoms with E-state index in [9.17, 15) is 8.42 Å². The van der Waals surface area contributed by atoms with Crippen molar-refractivity contribution in [3.63, 3.8) is 0 Å². The van der Waals surface area contributed by atoms with Crippen molar-refractivity contribution in [3.05, 3.63) is 0 Å². The van der Waals surface area contributed by atoms with E-state index >= 15 is 0 Å². The fraction of sp³-hybridized carbons (Fsp3) is 1.00. The van der Waals surface area contributed by atoms with Gasteiger partial charge in [0.15, 0.2) is 0 Å². The van der Waals surface area contributed by atoms with Crippen molar-refractivity contribution in [1.82, 2.24) is 4.72 Å². The highest BCUT2D eigenvalue weighted by molar-refractivity contribution is 7.89. The van der Waals surface area contributed by atoms with Gasteiger partial charge < -0.3 is 9.84 Å². The highest BCUT2D eigenvalue weighted by Gasteiger charge is 2.13. The molecular weight excluding hydrogens is 218 g/mol. The van der Waals surface area contributed by atoms with Gasteiger partial charge in [0.25, 0.3) is 0 Å². The van der Waals surface area contributed by atoms with E-state index in [0.29, 0.717) is 19.4 Å². The summed E-state index contributed by atoms with van der Waals surface area (Å²) in [5.41, 5.74) is 0. The maximum atomic E-state index is 11.4. The number of ether oxygens (including phenoxy) is 1. The third-order valence-corrected chi connectivity index (χ3v) is 3.34. The molecule has 1 unspecified atom stereocenters. The Labute approximate surface area is 91.9 Å². The van der Waals surface area contributed by atoms with Gasteiger partial charge in [-0.1, -0.05) is 0 Å². The standard InChI is InChI=1S/C9H21NO4S/c1-3-14-7-8-15(12,13)10-9(2)5-4-6-11/h9-11H,3-8H2,1-2H3. The molecule has 0 bridgehead atoms. The van der Waals surface area contributed by atoms with Gasteiger partial charge in [-0.3, -0.25) is 0 Å². The van der Waals surface area contributed by atoms with Crippen LogP contribution in [0.5, 0.6) is 0 Å². The largest absolute Gasteiger partial charge is 0.396 e. The summed E-state index contributed by atoms with van der Waals surface area (Å²) in [7, 11) is -3.24. The molecule has 5 nitrogen and oxygen atoms in total. The minimum Gasteiger partial charge on any atom is -0.396 e. The van der Waals surface area contributed by atoms with Gasteiger partial charge in [0, 0.05) is 19.3 Å². The van der Waals surface area contributed by atoms with Gasteiger partial charge >= 0.3 is 0 Å². The Morgan fingerprint density at radius 3 is 2.67 bits per heavy atom. The monoisotopic (exact) mass is 239 g/mol. The van der Waals surface area contributed by atoms with Crippen LogP contribution in [-0.4, -0.2) is 45.1 Å². The average molecular weight is 239 g/mol. The average Bonchev–Trinajstić information content (AvgIpc) is 2.14. The van der Waals surface area contributed by atoms with Gasteiger partial charge in [-0.2, -0.15) is 0 Å². The van der Waals surface area contributed by atoms with Crippen LogP contribution in [0.1, 0.15) is 26.7 Å². The maximum Gasteiger partial charge on any atom is 0.214 e. The topological polar surface area (TPSA) is 75.6 Å². The van der Waals surface area contributed by atoms with E-state index in [1.807, 2.05) is 6.92 Å². The van der Waals surface area contributed by atoms with Gasteiger partial charge in [0.1, 0.15) is 0 Å². The lowest BCUT2D eigenvalue weighted by molar-refractivity contribution is 0.163. The van der Waals surface area contributed by atoms with Crippen molar-refractivity contribution in [2.75, 3.05) is 25.6 Å². The van der Waals surface area contributed by atoms with Crippen molar-refractivity contribution >= 4 is 10.0 Å². The highest BCUT2D eigenvalue weighted by atomic mass is 32.2. The lowest BCUT2D eigenvalue weighted by atomic mass is 10.2. The molecule has 0 aromatic carbocycles. The number of rotatable bonds is 9. The Morgan fingerprint density at radius 1 is 1.47 bits per heavy atom. The third-order valence-electron chi connectivity index (χ3n) is 1.88. The van der Waals surface area contributed by atoms with Crippen LogP contribution in [-0.2, 0) is 14.8 Å². The molecule has 2 N–H and O–H groups in total. The van der Waals surface area contributed by atoms with Crippen molar-refractivity contribution < 1.29 is 18.3 Å². The van der Waals surface area contributed by atoms with E-state index in [2.05, 4.69) is 4.72 Å². The van der Waals surface area contributed by atoms with E-state index in [0.717, 1.165) is 0 Å². The summed E-state index contributed by atoms with van der Waals surface area (Å²) in [4.78, 5) is 0. The number of nitrogens with one attached hydrogen (secondary N) is 1. The highest BCUT2D eigenvalue weighted by Crippen LogP contribution is 1.98. The molecule has 0 fully saturated rings. The quantitative estimate of drug-likeness (QED) is 0.560. The predicted molar refractivity (Wildman–Crippen MR) is 59.2 cm³/mol. The number of aliphatic hydroxyl groups is 1. The maximum absolute atomic E-state index is 11.4. The first kappa shape index (κ1) is 14.8. The van der Waals surface area contributed by atoms with Crippen LogP contribution in [0.15, 0.2) is 0 Å². The zero-order valence-corrected chi connectivity index (χ0v) is 10.2. The number of hydrogen-bond donors (Lipinski definition) is 2. The van der Waals surface area contributed by atoms with Crippen LogP contribution in [0, 0.1) is 0 Å². The molecule has 0 heterocycles. The van der Waals surface area contributed by atoms with E-state index in [-0.39, 0.29) is 25.0 Å². The minimum absolute atomic E-state index is 0.00962. The molecule has 0 aliphatic carbocycles. The zero-order chi connectivity index (χ0) is 11.7. The summed E-state index contributed by atoms with van der Waals surface area (Å²) >= 11 is 0. The van der Waals surface area contributed by atoms with Crippen molar-refractivity contribution in [3.8, 4) is 0 Å². The van der Waals surface area contributed by atoms with Crippen molar-refractivity contribution in [1.29, 1.82) is 0 Å². The molecule has 0 spiro atoms. The summed E-state index contributed by atoms with van der Waals surface area (Å²) in [6.45, 7) is 4.44. The Hall–Kier alpha value is -0.170. The molecular formula is C9H21NO4S. The number of sulfonamides is 1. The molecule has 6 heteroatoms. The zero-order valence-electron chi connectivity index (χ0n) is 9.40. The first-order valence-corrected chi connectivity index (χ1v) is 6.85. The summed E-state index contributed by atoms with van der Waals surface area (Å²) in [6, 6.07) is -0.135. The van der Waals surface area contributed by atoms with Crippen LogP contribution in [0.3, 0.4) is 0 Å². The number of hydrogen-bond acceptors (Lipinski definition) is 4. The molecule has 0 amide bonds. The summed E-state index contributed by atoms with van der Waals surface area (Å²) in [5, 5.41) is 8.59. The normalized spacial score (nSPS) is 14.1. The second kappa shape index (κ2) is 8.04. The Balaban J connectivity index is 3.81. The molecule has 0 saturated carbocycles. The Kier molecular flexibility index (Phi) is 7.95. The molecule has 0 rings (SSSR count). The van der Waals surface area contributed by atoms with Gasteiger partial charge in [0.05, 0.1) is 12.4 Å². The summed E-state index contributed by atoms with van der Waals surface area (Å²) < 4.78 is 30.4. The molecule has 92 valence electrons. The van der Waals surface area contributed by atoms with Gasteiger partial charge in [-0.15, -0.1) is 0 Å². The van der Waals surface area contributed by atoms with Crippen LogP contribution in [0.25, 0.3) is 0 Å². The van der Waals surface area contributed by atoms with Gasteiger partial charge in [-0.25, -0.2) is 13.1 Å². The molecule has 0 aromatic heterocycles. The molecule has 0 aliphatic heterocycles. The molecule has 0 radical (unpaired) electrons. The van der Waals surface area contributed by atoms with E-state index < -0.39 is 10.0 Å². The molecule has 1 atom stereocenters. The second-order valence-electron chi connectivity index (χ2n) is 3.40. The lowest BCUT2D eigenvalue weighted by Gasteiger charge is -2.13. The van der Waals surface area contributed by atoms with Crippen molar-refractivity contribution in [2.45, 2.75) is 32.7 Å². The molecule has 0 saturated heterocycles. The first-order valence-electron chi connectivity index (χ1n) is 5.20. The molecule has 15 heavy (non-hydrogen) atoms. The van der Waals surface area contributed by atoms with Crippen LogP contribution in [0.4, 0.5) is 0 Å². The number of aliphatic hydroxyl groups excluding tert-OH is 1. The SMILES string of the molecule is CCOCCS(=O)(=O)NC(C)CCCO. The fourth-order valence-electron chi connectivity index (χ4n) is 1.13. The molecule has 0 aromatic rings. The van der Waals surface area contributed by atoms with Crippen molar-refractivity contribution in [2.24, 2.45) is 0 Å². The smallest absolute Gasteiger partial charge is 0.214 e. The predicted octanol–water partition coefficient (Wildman–Crippen LogP) is 0.103. The third kappa shape index (κ3) is 8.80. The minimum atomic E-state index is -3.24. The molecule has 0 aliphatic rings. The van der Waals surface area contributed by atoms with Crippen LogP contribution < -0.4 is 4.72 Å². The lowest BCUT2D eigenvalue weighted by Crippen LogP contribution is -2.35. The van der Waals surface area contributed by atoms with E-state index in [1.54, 1.807) is 6.92 Å². The first-order chi connectivity index (χ1) is 7.02. The fourth-order valence-corrected chi connectivity index (χ4v) is 2.32. The van der Waals surface area contributed by atoms with E-state index in [4.69, 9.17) is 9.84 Å². The van der Waals surface area contributed by atoms with Crippen LogP contribution >= 0.6 is 0 Å². The van der Waals surface area contributed by atoms with Crippen LogP contribution in [0.2, 0.25) is 0 Å². The Bertz CT molecular complexity index is 240. The second-order valence-corrected chi connectivity index (χ2v) is 5.27. The van der Waals surface area contributed by atoms with Gasteiger partial charge in [-0.05, 0) is 26.7 Å². The van der Waals surface area contributed by atoms with E-state index in [1.165, 1.54) is 0 Å².